The van der Waals surface area contributed by atoms with Crippen LogP contribution in [0.25, 0.3) is 0 Å². The molecule has 1 aromatic carbocycles. The number of halogens is 3. The minimum absolute atomic E-state index is 0.243. The molecular formula is C12H12F3NO3. The number of para-hydroxylation sites is 1. The van der Waals surface area contributed by atoms with E-state index in [-0.39, 0.29) is 37.6 Å². The number of benzene rings is 1. The number of anilines is 1. The monoisotopic (exact) mass is 275 g/mol. The smallest absolute Gasteiger partial charge is 0.418 e. The zero-order chi connectivity index (χ0) is 14.0. The molecule has 1 fully saturated rings. The van der Waals surface area contributed by atoms with Crippen molar-refractivity contribution in [1.82, 2.24) is 0 Å². The van der Waals surface area contributed by atoms with Crippen LogP contribution in [0.1, 0.15) is 15.9 Å². The van der Waals surface area contributed by atoms with E-state index in [1.807, 2.05) is 0 Å². The Balaban J connectivity index is 2.55. The Hall–Kier alpha value is -1.76. The van der Waals surface area contributed by atoms with Gasteiger partial charge in [0.25, 0.3) is 0 Å². The third-order valence-electron chi connectivity index (χ3n) is 2.90. The first-order valence-electron chi connectivity index (χ1n) is 5.67. The number of aromatic carboxylic acids is 1. The van der Waals surface area contributed by atoms with Gasteiger partial charge in [0.1, 0.15) is 0 Å². The van der Waals surface area contributed by atoms with Gasteiger partial charge >= 0.3 is 12.1 Å². The molecule has 0 aliphatic carbocycles. The average Bonchev–Trinajstić information content (AvgIpc) is 2.37. The number of ether oxygens (including phenoxy) is 1. The molecule has 1 aromatic rings. The first-order valence-corrected chi connectivity index (χ1v) is 5.67. The van der Waals surface area contributed by atoms with Gasteiger partial charge in [0.15, 0.2) is 0 Å². The lowest BCUT2D eigenvalue weighted by Crippen LogP contribution is -2.38. The quantitative estimate of drug-likeness (QED) is 0.899. The molecule has 0 radical (unpaired) electrons. The molecule has 0 spiro atoms. The zero-order valence-corrected chi connectivity index (χ0v) is 9.91. The Labute approximate surface area is 107 Å². The average molecular weight is 275 g/mol. The van der Waals surface area contributed by atoms with E-state index in [0.717, 1.165) is 12.1 Å². The summed E-state index contributed by atoms with van der Waals surface area (Å²) >= 11 is 0. The van der Waals surface area contributed by atoms with E-state index >= 15 is 0 Å². The van der Waals surface area contributed by atoms with Crippen molar-refractivity contribution in [1.29, 1.82) is 0 Å². The van der Waals surface area contributed by atoms with Gasteiger partial charge in [-0.2, -0.15) is 13.2 Å². The fraction of sp³-hybridized carbons (Fsp3) is 0.417. The van der Waals surface area contributed by atoms with Crippen molar-refractivity contribution in [3.63, 3.8) is 0 Å². The lowest BCUT2D eigenvalue weighted by Gasteiger charge is -2.32. The molecule has 2 rings (SSSR count). The third kappa shape index (κ3) is 2.81. The van der Waals surface area contributed by atoms with Crippen LogP contribution in [0.2, 0.25) is 0 Å². The normalized spacial score (nSPS) is 16.5. The molecule has 104 valence electrons. The zero-order valence-electron chi connectivity index (χ0n) is 9.91. The van der Waals surface area contributed by atoms with Crippen molar-refractivity contribution in [2.45, 2.75) is 6.18 Å². The first kappa shape index (κ1) is 13.7. The van der Waals surface area contributed by atoms with Crippen molar-refractivity contribution in [3.8, 4) is 0 Å². The highest BCUT2D eigenvalue weighted by atomic mass is 19.4. The molecule has 0 bridgehead atoms. The summed E-state index contributed by atoms with van der Waals surface area (Å²) in [5, 5.41) is 9.06. The predicted molar refractivity (Wildman–Crippen MR) is 61.4 cm³/mol. The van der Waals surface area contributed by atoms with E-state index in [4.69, 9.17) is 9.84 Å². The van der Waals surface area contributed by atoms with Crippen LogP contribution < -0.4 is 4.90 Å². The fourth-order valence-electron chi connectivity index (χ4n) is 2.07. The number of hydrogen-bond acceptors (Lipinski definition) is 3. The van der Waals surface area contributed by atoms with Crippen molar-refractivity contribution in [3.05, 3.63) is 29.3 Å². The molecule has 1 aliphatic rings. The second-order valence-corrected chi connectivity index (χ2v) is 4.10. The number of morpholine rings is 1. The van der Waals surface area contributed by atoms with Crippen LogP contribution in [0.15, 0.2) is 18.2 Å². The summed E-state index contributed by atoms with van der Waals surface area (Å²) in [6, 6.07) is 3.19. The highest BCUT2D eigenvalue weighted by Gasteiger charge is 2.37. The largest absolute Gasteiger partial charge is 0.478 e. The van der Waals surface area contributed by atoms with Gasteiger partial charge in [0.05, 0.1) is 30.0 Å². The van der Waals surface area contributed by atoms with Crippen LogP contribution in [0, 0.1) is 0 Å². The van der Waals surface area contributed by atoms with E-state index in [2.05, 4.69) is 0 Å². The molecule has 0 atom stereocenters. The number of nitrogens with zero attached hydrogens (tertiary/aromatic N) is 1. The van der Waals surface area contributed by atoms with E-state index in [1.165, 1.54) is 11.0 Å². The molecule has 0 saturated carbocycles. The maximum Gasteiger partial charge on any atom is 0.418 e. The van der Waals surface area contributed by atoms with Gasteiger partial charge < -0.3 is 14.7 Å². The molecule has 0 aromatic heterocycles. The number of carboxylic acid groups (broad SMARTS) is 1. The van der Waals surface area contributed by atoms with Gasteiger partial charge in [0.2, 0.25) is 0 Å². The number of hydrogen-bond donors (Lipinski definition) is 1. The summed E-state index contributed by atoms with van der Waals surface area (Å²) in [6.07, 6.45) is -4.58. The van der Waals surface area contributed by atoms with Gasteiger partial charge in [-0.1, -0.05) is 6.07 Å². The SMILES string of the molecule is O=C(O)c1cccc(C(F)(F)F)c1N1CCOCC1. The molecule has 1 aliphatic heterocycles. The van der Waals surface area contributed by atoms with E-state index in [0.29, 0.717) is 0 Å². The van der Waals surface area contributed by atoms with Crippen LogP contribution in [-0.2, 0) is 10.9 Å². The number of carbonyl (C=O) groups is 1. The molecule has 1 saturated heterocycles. The van der Waals surface area contributed by atoms with Crippen molar-refractivity contribution < 1.29 is 27.8 Å². The maximum atomic E-state index is 13.0. The highest BCUT2D eigenvalue weighted by molar-refractivity contribution is 5.95. The molecule has 7 heteroatoms. The van der Waals surface area contributed by atoms with Crippen LogP contribution in [0.4, 0.5) is 18.9 Å². The molecule has 0 unspecified atom stereocenters. The summed E-state index contributed by atoms with van der Waals surface area (Å²) in [5.74, 6) is -1.37. The van der Waals surface area contributed by atoms with Crippen molar-refractivity contribution in [2.24, 2.45) is 0 Å². The van der Waals surface area contributed by atoms with E-state index < -0.39 is 17.7 Å². The summed E-state index contributed by atoms with van der Waals surface area (Å²) in [7, 11) is 0. The van der Waals surface area contributed by atoms with Crippen molar-refractivity contribution in [2.75, 3.05) is 31.2 Å². The third-order valence-corrected chi connectivity index (χ3v) is 2.90. The van der Waals surface area contributed by atoms with Gasteiger partial charge in [-0.05, 0) is 12.1 Å². The predicted octanol–water partition coefficient (Wildman–Crippen LogP) is 2.24. The molecule has 0 amide bonds. The lowest BCUT2D eigenvalue weighted by molar-refractivity contribution is -0.137. The summed E-state index contributed by atoms with van der Waals surface area (Å²) in [6.45, 7) is 1.05. The number of rotatable bonds is 2. The molecule has 19 heavy (non-hydrogen) atoms. The van der Waals surface area contributed by atoms with Gasteiger partial charge in [-0.15, -0.1) is 0 Å². The summed E-state index contributed by atoms with van der Waals surface area (Å²) in [5.41, 5.74) is -1.53. The summed E-state index contributed by atoms with van der Waals surface area (Å²) in [4.78, 5) is 12.5. The minimum Gasteiger partial charge on any atom is -0.478 e. The van der Waals surface area contributed by atoms with E-state index in [9.17, 15) is 18.0 Å². The maximum absolute atomic E-state index is 13.0. The topological polar surface area (TPSA) is 49.8 Å². The molecule has 1 heterocycles. The minimum atomic E-state index is -4.58. The van der Waals surface area contributed by atoms with Gasteiger partial charge in [-0.25, -0.2) is 4.79 Å². The molecule has 1 N–H and O–H groups in total. The van der Waals surface area contributed by atoms with E-state index in [1.54, 1.807) is 0 Å². The van der Waals surface area contributed by atoms with Crippen LogP contribution >= 0.6 is 0 Å². The van der Waals surface area contributed by atoms with Crippen LogP contribution in [-0.4, -0.2) is 37.4 Å². The fourth-order valence-corrected chi connectivity index (χ4v) is 2.07. The Bertz CT molecular complexity index is 482. The lowest BCUT2D eigenvalue weighted by atomic mass is 10.0. The Kier molecular flexibility index (Phi) is 3.66. The second kappa shape index (κ2) is 5.08. The number of alkyl halides is 3. The van der Waals surface area contributed by atoms with Crippen LogP contribution in [0.5, 0.6) is 0 Å². The highest BCUT2D eigenvalue weighted by Crippen LogP contribution is 2.38. The molecular weight excluding hydrogens is 263 g/mol. The molecule has 4 nitrogen and oxygen atoms in total. The van der Waals surface area contributed by atoms with Gasteiger partial charge in [0, 0.05) is 13.1 Å². The summed E-state index contributed by atoms with van der Waals surface area (Å²) < 4.78 is 44.1. The Morgan fingerprint density at radius 1 is 1.26 bits per heavy atom. The van der Waals surface area contributed by atoms with Crippen LogP contribution in [0.3, 0.4) is 0 Å². The number of carboxylic acids is 1. The van der Waals surface area contributed by atoms with Gasteiger partial charge in [-0.3, -0.25) is 0 Å². The Morgan fingerprint density at radius 3 is 2.42 bits per heavy atom. The van der Waals surface area contributed by atoms with Crippen molar-refractivity contribution >= 4 is 11.7 Å². The standard InChI is InChI=1S/C12H12F3NO3/c13-12(14,15)9-3-1-2-8(11(17)18)10(9)16-4-6-19-7-5-16/h1-3H,4-7H2,(H,17,18). The first-order chi connectivity index (χ1) is 8.91. The second-order valence-electron chi connectivity index (χ2n) is 4.10. The Morgan fingerprint density at radius 2 is 1.89 bits per heavy atom.